The number of nitrogens with one attached hydrogen (secondary N) is 3. The number of halogens is 1. The molecule has 2 atom stereocenters. The standard InChI is InChI=1S/C18H24FN3O3S/c19-15-7-6-14(9-16(15)26(24,25)22-13-4-5-13)21-17(23)18-8-2-1-3-12(18)10-20-11-18/h6-7,9,12-13,20,22H,1-5,8,10-11H2,(H,21,23)/t12-,18+/m0/s1. The fourth-order valence-corrected chi connectivity index (χ4v) is 5.63. The van der Waals surface area contributed by atoms with Gasteiger partial charge in [0.15, 0.2) is 0 Å². The van der Waals surface area contributed by atoms with E-state index in [1.807, 2.05) is 0 Å². The molecule has 1 heterocycles. The Bertz CT molecular complexity index is 825. The van der Waals surface area contributed by atoms with Gasteiger partial charge in [0, 0.05) is 18.3 Å². The summed E-state index contributed by atoms with van der Waals surface area (Å²) in [6, 6.07) is 3.62. The first-order chi connectivity index (χ1) is 12.4. The van der Waals surface area contributed by atoms with Gasteiger partial charge in [-0.05, 0) is 56.3 Å². The van der Waals surface area contributed by atoms with Crippen LogP contribution in [0.2, 0.25) is 0 Å². The summed E-state index contributed by atoms with van der Waals surface area (Å²) < 4.78 is 41.3. The quantitative estimate of drug-likeness (QED) is 0.728. The first-order valence-corrected chi connectivity index (χ1v) is 10.7. The summed E-state index contributed by atoms with van der Waals surface area (Å²) in [4.78, 5) is 12.6. The van der Waals surface area contributed by atoms with E-state index < -0.39 is 26.2 Å². The Morgan fingerprint density at radius 1 is 1.23 bits per heavy atom. The predicted molar refractivity (Wildman–Crippen MR) is 95.6 cm³/mol. The maximum absolute atomic E-state index is 14.1. The molecule has 1 aromatic rings. The molecular weight excluding hydrogens is 357 g/mol. The molecule has 4 rings (SSSR count). The summed E-state index contributed by atoms with van der Waals surface area (Å²) in [5.74, 6) is -0.610. The van der Waals surface area contributed by atoms with Gasteiger partial charge in [0.1, 0.15) is 10.7 Å². The Kier molecular flexibility index (Phi) is 4.53. The molecule has 3 aliphatic rings. The van der Waals surface area contributed by atoms with Gasteiger partial charge < -0.3 is 10.6 Å². The molecule has 0 bridgehead atoms. The molecule has 6 nitrogen and oxygen atoms in total. The number of hydrogen-bond donors (Lipinski definition) is 3. The van der Waals surface area contributed by atoms with Crippen LogP contribution in [-0.2, 0) is 14.8 Å². The van der Waals surface area contributed by atoms with Crippen LogP contribution < -0.4 is 15.4 Å². The van der Waals surface area contributed by atoms with Crippen LogP contribution in [0.5, 0.6) is 0 Å². The van der Waals surface area contributed by atoms with Gasteiger partial charge in [-0.3, -0.25) is 4.79 Å². The molecule has 1 amide bonds. The zero-order valence-electron chi connectivity index (χ0n) is 14.6. The zero-order valence-corrected chi connectivity index (χ0v) is 15.4. The van der Waals surface area contributed by atoms with E-state index in [4.69, 9.17) is 0 Å². The van der Waals surface area contributed by atoms with Crippen molar-refractivity contribution in [3.63, 3.8) is 0 Å². The van der Waals surface area contributed by atoms with Gasteiger partial charge in [-0.1, -0.05) is 12.8 Å². The van der Waals surface area contributed by atoms with Gasteiger partial charge in [0.05, 0.1) is 5.41 Å². The van der Waals surface area contributed by atoms with Crippen LogP contribution in [0.15, 0.2) is 23.1 Å². The van der Waals surface area contributed by atoms with Gasteiger partial charge >= 0.3 is 0 Å². The monoisotopic (exact) mass is 381 g/mol. The number of hydrogen-bond acceptors (Lipinski definition) is 4. The van der Waals surface area contributed by atoms with E-state index in [2.05, 4.69) is 15.4 Å². The Hall–Kier alpha value is -1.51. The third-order valence-electron chi connectivity index (χ3n) is 5.87. The van der Waals surface area contributed by atoms with Crippen molar-refractivity contribution in [1.82, 2.24) is 10.0 Å². The van der Waals surface area contributed by atoms with Crippen LogP contribution in [-0.4, -0.2) is 33.5 Å². The first kappa shape index (κ1) is 17.9. The molecule has 26 heavy (non-hydrogen) atoms. The Labute approximate surface area is 153 Å². The van der Waals surface area contributed by atoms with Gasteiger partial charge in [-0.25, -0.2) is 17.5 Å². The molecule has 142 valence electrons. The van der Waals surface area contributed by atoms with Gasteiger partial charge in [0.2, 0.25) is 15.9 Å². The van der Waals surface area contributed by atoms with Crippen LogP contribution in [0, 0.1) is 17.2 Å². The molecule has 0 spiro atoms. The van der Waals surface area contributed by atoms with E-state index >= 15 is 0 Å². The number of carbonyl (C=O) groups excluding carboxylic acids is 1. The van der Waals surface area contributed by atoms with Crippen molar-refractivity contribution < 1.29 is 17.6 Å². The van der Waals surface area contributed by atoms with E-state index in [1.54, 1.807) is 0 Å². The van der Waals surface area contributed by atoms with Crippen LogP contribution in [0.4, 0.5) is 10.1 Å². The van der Waals surface area contributed by atoms with E-state index in [1.165, 1.54) is 12.1 Å². The highest BCUT2D eigenvalue weighted by atomic mass is 32.2. The topological polar surface area (TPSA) is 87.3 Å². The van der Waals surface area contributed by atoms with Gasteiger partial charge in [0.25, 0.3) is 0 Å². The SMILES string of the molecule is O=C(Nc1ccc(F)c(S(=O)(=O)NC2CC2)c1)[C@@]12CCCC[C@H]1CNC2. The normalized spacial score (nSPS) is 28.6. The third-order valence-corrected chi connectivity index (χ3v) is 7.40. The molecule has 3 N–H and O–H groups in total. The Morgan fingerprint density at radius 3 is 2.81 bits per heavy atom. The number of rotatable bonds is 5. The van der Waals surface area contributed by atoms with Crippen LogP contribution in [0.3, 0.4) is 0 Å². The van der Waals surface area contributed by atoms with E-state index in [0.717, 1.165) is 51.1 Å². The fraction of sp³-hybridized carbons (Fsp3) is 0.611. The first-order valence-electron chi connectivity index (χ1n) is 9.25. The van der Waals surface area contributed by atoms with E-state index in [0.29, 0.717) is 18.2 Å². The smallest absolute Gasteiger partial charge is 0.243 e. The van der Waals surface area contributed by atoms with Crippen molar-refractivity contribution in [3.05, 3.63) is 24.0 Å². The average molecular weight is 381 g/mol. The maximum atomic E-state index is 14.1. The molecule has 8 heteroatoms. The lowest BCUT2D eigenvalue weighted by molar-refractivity contribution is -0.128. The second-order valence-corrected chi connectivity index (χ2v) is 9.41. The molecule has 1 aliphatic heterocycles. The number of sulfonamides is 1. The van der Waals surface area contributed by atoms with E-state index in [-0.39, 0.29) is 11.9 Å². The highest BCUT2D eigenvalue weighted by molar-refractivity contribution is 7.89. The van der Waals surface area contributed by atoms with Crippen molar-refractivity contribution in [2.24, 2.45) is 11.3 Å². The molecule has 0 radical (unpaired) electrons. The van der Waals surface area contributed by atoms with Crippen molar-refractivity contribution in [2.75, 3.05) is 18.4 Å². The lowest BCUT2D eigenvalue weighted by Gasteiger charge is -2.37. The van der Waals surface area contributed by atoms with Crippen molar-refractivity contribution in [2.45, 2.75) is 49.5 Å². The molecule has 1 saturated heterocycles. The zero-order chi connectivity index (χ0) is 18.4. The minimum atomic E-state index is -3.92. The van der Waals surface area contributed by atoms with Gasteiger partial charge in [-0.2, -0.15) is 0 Å². The minimum Gasteiger partial charge on any atom is -0.326 e. The molecule has 2 saturated carbocycles. The minimum absolute atomic E-state index is 0.0997. The Morgan fingerprint density at radius 2 is 2.04 bits per heavy atom. The van der Waals surface area contributed by atoms with Gasteiger partial charge in [-0.15, -0.1) is 0 Å². The lowest BCUT2D eigenvalue weighted by Crippen LogP contribution is -2.44. The van der Waals surface area contributed by atoms with Crippen molar-refractivity contribution >= 4 is 21.6 Å². The summed E-state index contributed by atoms with van der Waals surface area (Å²) in [5, 5.41) is 6.16. The van der Waals surface area contributed by atoms with Crippen LogP contribution in [0.25, 0.3) is 0 Å². The molecule has 0 unspecified atom stereocenters. The number of carbonyl (C=O) groups is 1. The summed E-state index contributed by atoms with van der Waals surface area (Å²) in [5.41, 5.74) is -0.129. The van der Waals surface area contributed by atoms with Crippen molar-refractivity contribution in [3.8, 4) is 0 Å². The summed E-state index contributed by atoms with van der Waals surface area (Å²) >= 11 is 0. The number of benzene rings is 1. The number of fused-ring (bicyclic) bond motifs is 1. The third kappa shape index (κ3) is 3.25. The molecule has 3 fully saturated rings. The fourth-order valence-electron chi connectivity index (χ4n) is 4.22. The summed E-state index contributed by atoms with van der Waals surface area (Å²) in [7, 11) is -3.92. The van der Waals surface area contributed by atoms with Crippen LogP contribution >= 0.6 is 0 Å². The molecular formula is C18H24FN3O3S. The maximum Gasteiger partial charge on any atom is 0.243 e. The molecule has 2 aliphatic carbocycles. The molecule has 1 aromatic carbocycles. The largest absolute Gasteiger partial charge is 0.326 e. The average Bonchev–Trinajstić information content (AvgIpc) is 3.29. The predicted octanol–water partition coefficient (Wildman–Crippen LogP) is 1.98. The highest BCUT2D eigenvalue weighted by Gasteiger charge is 2.49. The van der Waals surface area contributed by atoms with Crippen LogP contribution in [0.1, 0.15) is 38.5 Å². The Balaban J connectivity index is 1.56. The second-order valence-electron chi connectivity index (χ2n) is 7.72. The molecule has 0 aromatic heterocycles. The number of anilines is 1. The lowest BCUT2D eigenvalue weighted by atomic mass is 9.67. The number of amides is 1. The van der Waals surface area contributed by atoms with E-state index in [9.17, 15) is 17.6 Å². The second kappa shape index (κ2) is 6.58. The van der Waals surface area contributed by atoms with Crippen molar-refractivity contribution in [1.29, 1.82) is 0 Å². The summed E-state index contributed by atoms with van der Waals surface area (Å²) in [6.45, 7) is 1.47. The summed E-state index contributed by atoms with van der Waals surface area (Å²) in [6.07, 6.45) is 5.54. The highest BCUT2D eigenvalue weighted by Crippen LogP contribution is 2.44.